The molecule has 0 bridgehead atoms. The molecule has 0 N–H and O–H groups in total. The molecule has 1 atom stereocenters. The first-order valence-electron chi connectivity index (χ1n) is 5.76. The molecule has 0 saturated carbocycles. The molecule has 0 fully saturated rings. The fraction of sp³-hybridized carbons (Fsp3) is 1.00. The molecule has 0 radical (unpaired) electrons. The lowest BCUT2D eigenvalue weighted by Crippen LogP contribution is -2.11. The van der Waals surface area contributed by atoms with Crippen LogP contribution in [0.3, 0.4) is 0 Å². The van der Waals surface area contributed by atoms with Gasteiger partial charge in [-0.15, -0.1) is 0 Å². The van der Waals surface area contributed by atoms with Crippen LogP contribution in [0.2, 0.25) is 0 Å². The fourth-order valence-corrected chi connectivity index (χ4v) is 1.89. The third-order valence-corrected chi connectivity index (χ3v) is 3.06. The molecule has 1 unspecified atom stereocenters. The molecular formula is C17H49O3P. The Balaban J connectivity index is -0.0000000653. The minimum Gasteiger partial charge on any atom is -0.379 e. The summed E-state index contributed by atoms with van der Waals surface area (Å²) in [7, 11) is -2.33. The largest absolute Gasteiger partial charge is 0.379 e. The van der Waals surface area contributed by atoms with Gasteiger partial charge in [-0.3, -0.25) is 4.57 Å². The van der Waals surface area contributed by atoms with Crippen molar-refractivity contribution in [2.75, 3.05) is 33.2 Å². The van der Waals surface area contributed by atoms with E-state index in [9.17, 15) is 4.57 Å². The monoisotopic (exact) mass is 332 g/mol. The molecule has 0 heterocycles. The number of hydrogen-bond donors (Lipinski definition) is 0. The first-order chi connectivity index (χ1) is 6.99. The highest BCUT2D eigenvalue weighted by molar-refractivity contribution is 7.57. The van der Waals surface area contributed by atoms with Crippen LogP contribution in [0.25, 0.3) is 0 Å². The van der Waals surface area contributed by atoms with Crippen LogP contribution in [0.5, 0.6) is 0 Å². The van der Waals surface area contributed by atoms with Crippen LogP contribution in [0.15, 0.2) is 0 Å². The lowest BCUT2D eigenvalue weighted by molar-refractivity contribution is 0.0714. The average Bonchev–Trinajstić information content (AvgIpc) is 2.14. The van der Waals surface area contributed by atoms with Crippen molar-refractivity contribution in [3.8, 4) is 0 Å². The van der Waals surface area contributed by atoms with Gasteiger partial charge in [-0.25, -0.2) is 0 Å². The molecule has 0 saturated heterocycles. The Morgan fingerprint density at radius 3 is 1.71 bits per heavy atom. The topological polar surface area (TPSA) is 35.5 Å². The maximum atomic E-state index is 11.2. The fourth-order valence-electron chi connectivity index (χ4n) is 1.38. The van der Waals surface area contributed by atoms with Gasteiger partial charge in [-0.1, -0.05) is 71.2 Å². The van der Waals surface area contributed by atoms with E-state index in [1.807, 2.05) is 0 Å². The molecule has 0 aromatic carbocycles. The predicted molar refractivity (Wildman–Crippen MR) is 105 cm³/mol. The van der Waals surface area contributed by atoms with Crippen LogP contribution in [-0.4, -0.2) is 33.2 Å². The molecule has 0 aliphatic heterocycles. The van der Waals surface area contributed by atoms with Crippen LogP contribution in [-0.2, 0) is 13.8 Å². The summed E-state index contributed by atoms with van der Waals surface area (Å²) in [4.78, 5) is 0. The third-order valence-electron chi connectivity index (χ3n) is 2.26. The smallest absolute Gasteiger partial charge is 0.197 e. The summed E-state index contributed by atoms with van der Waals surface area (Å²) in [6.07, 6.45) is 3.59. The zero-order valence-electron chi connectivity index (χ0n) is 10.5. The second-order valence-electron chi connectivity index (χ2n) is 4.22. The van der Waals surface area contributed by atoms with E-state index in [2.05, 4.69) is 13.8 Å². The van der Waals surface area contributed by atoms with Crippen molar-refractivity contribution in [1.82, 2.24) is 0 Å². The summed E-state index contributed by atoms with van der Waals surface area (Å²) < 4.78 is 21.8. The Bertz CT molecular complexity index is 190. The Hall–Kier alpha value is 0.150. The minimum absolute atomic E-state index is 0. The molecule has 0 rings (SSSR count). The second-order valence-corrected chi connectivity index (χ2v) is 6.99. The van der Waals surface area contributed by atoms with Gasteiger partial charge in [0.05, 0.1) is 13.2 Å². The summed E-state index contributed by atoms with van der Waals surface area (Å²) >= 11 is 0. The molecular weight excluding hydrogens is 283 g/mol. The highest BCUT2D eigenvalue weighted by Gasteiger charge is 2.07. The van der Waals surface area contributed by atoms with Gasteiger partial charge in [-0.05, 0) is 12.3 Å². The Kier molecular flexibility index (Phi) is 51.3. The maximum Gasteiger partial charge on any atom is 0.197 e. The third kappa shape index (κ3) is 33.2. The van der Waals surface area contributed by atoms with Gasteiger partial charge in [0.25, 0.3) is 0 Å². The number of rotatable bonds is 9. The summed E-state index contributed by atoms with van der Waals surface area (Å²) in [6.45, 7) is 9.41. The van der Waals surface area contributed by atoms with Crippen LogP contribution in [0, 0.1) is 5.92 Å². The van der Waals surface area contributed by atoms with Gasteiger partial charge in [0, 0.05) is 19.9 Å². The molecule has 4 heteroatoms. The molecule has 3 nitrogen and oxygen atoms in total. The zero-order chi connectivity index (χ0) is 11.7. The first kappa shape index (κ1) is 42.9. The van der Waals surface area contributed by atoms with Gasteiger partial charge in [0.15, 0.2) is 7.37 Å². The van der Waals surface area contributed by atoms with Crippen LogP contribution >= 0.6 is 7.37 Å². The van der Waals surface area contributed by atoms with Gasteiger partial charge in [-0.2, -0.15) is 0 Å². The van der Waals surface area contributed by atoms with Crippen molar-refractivity contribution in [2.45, 2.75) is 77.7 Å². The first-order valence-corrected chi connectivity index (χ1v) is 8.28. The molecule has 0 spiro atoms. The Morgan fingerprint density at radius 2 is 1.38 bits per heavy atom. The predicted octanol–water partition coefficient (Wildman–Crippen LogP) is 7.20. The standard InChI is InChI=1S/C11H25O3P.6CH4/c1-5-7-11(6-2)10-13-8-9-14-15(3,4)12;;;;;;/h11H,5-10H2,1-4H3;6*1H4. The minimum atomic E-state index is -2.33. The summed E-state index contributed by atoms with van der Waals surface area (Å²) in [5.41, 5.74) is 0. The lowest BCUT2D eigenvalue weighted by Gasteiger charge is -2.14. The molecule has 0 aromatic heterocycles. The van der Waals surface area contributed by atoms with Crippen molar-refractivity contribution in [3.05, 3.63) is 0 Å². The molecule has 0 amide bonds. The van der Waals surface area contributed by atoms with Crippen LogP contribution < -0.4 is 0 Å². The summed E-state index contributed by atoms with van der Waals surface area (Å²) in [6, 6.07) is 0. The molecule has 21 heavy (non-hydrogen) atoms. The van der Waals surface area contributed by atoms with E-state index in [-0.39, 0.29) is 44.6 Å². The van der Waals surface area contributed by atoms with Gasteiger partial charge in [0.2, 0.25) is 0 Å². The van der Waals surface area contributed by atoms with Crippen molar-refractivity contribution in [2.24, 2.45) is 5.92 Å². The van der Waals surface area contributed by atoms with Crippen molar-refractivity contribution in [1.29, 1.82) is 0 Å². The van der Waals surface area contributed by atoms with E-state index in [1.165, 1.54) is 12.8 Å². The van der Waals surface area contributed by atoms with E-state index in [1.54, 1.807) is 13.3 Å². The average molecular weight is 333 g/mol. The highest BCUT2D eigenvalue weighted by atomic mass is 31.2. The van der Waals surface area contributed by atoms with Crippen molar-refractivity contribution < 1.29 is 13.8 Å². The van der Waals surface area contributed by atoms with E-state index >= 15 is 0 Å². The van der Waals surface area contributed by atoms with E-state index in [4.69, 9.17) is 9.26 Å². The van der Waals surface area contributed by atoms with E-state index < -0.39 is 7.37 Å². The maximum absolute atomic E-state index is 11.2. The quantitative estimate of drug-likeness (QED) is 0.331. The van der Waals surface area contributed by atoms with Crippen LogP contribution in [0.1, 0.15) is 77.7 Å². The summed E-state index contributed by atoms with van der Waals surface area (Å²) in [5.74, 6) is 0.657. The van der Waals surface area contributed by atoms with Crippen molar-refractivity contribution in [3.63, 3.8) is 0 Å². The Labute approximate surface area is 138 Å². The highest BCUT2D eigenvalue weighted by Crippen LogP contribution is 2.36. The Morgan fingerprint density at radius 1 is 0.905 bits per heavy atom. The van der Waals surface area contributed by atoms with Gasteiger partial charge >= 0.3 is 0 Å². The SMILES string of the molecule is C.C.C.C.C.C.CCCC(CC)COCCOP(C)(C)=O. The normalized spacial score (nSPS) is 10.1. The van der Waals surface area contributed by atoms with Crippen molar-refractivity contribution >= 4 is 7.37 Å². The second kappa shape index (κ2) is 25.1. The van der Waals surface area contributed by atoms with E-state index in [0.29, 0.717) is 19.1 Å². The number of hydrogen-bond acceptors (Lipinski definition) is 3. The molecule has 140 valence electrons. The zero-order valence-corrected chi connectivity index (χ0v) is 11.4. The molecule has 0 aliphatic carbocycles. The van der Waals surface area contributed by atoms with E-state index in [0.717, 1.165) is 13.0 Å². The van der Waals surface area contributed by atoms with Gasteiger partial charge < -0.3 is 9.26 Å². The number of ether oxygens (including phenoxy) is 1. The molecule has 0 aromatic rings. The molecule has 0 aliphatic rings. The van der Waals surface area contributed by atoms with Gasteiger partial charge in [0.1, 0.15) is 0 Å². The lowest BCUT2D eigenvalue weighted by atomic mass is 10.0. The van der Waals surface area contributed by atoms with Crippen LogP contribution in [0.4, 0.5) is 0 Å². The summed E-state index contributed by atoms with van der Waals surface area (Å²) in [5, 5.41) is 0.